The molecule has 8 heteroatoms. The van der Waals surface area contributed by atoms with E-state index in [1.165, 1.54) is 0 Å². The van der Waals surface area contributed by atoms with E-state index < -0.39 is 0 Å². The summed E-state index contributed by atoms with van der Waals surface area (Å²) in [6, 6.07) is 5.83. The van der Waals surface area contributed by atoms with Crippen molar-refractivity contribution in [2.75, 3.05) is 13.2 Å². The van der Waals surface area contributed by atoms with Crippen molar-refractivity contribution in [3.05, 3.63) is 45.3 Å². The van der Waals surface area contributed by atoms with E-state index in [2.05, 4.69) is 10.00 Å². The third-order valence-electron chi connectivity index (χ3n) is 5.97. The van der Waals surface area contributed by atoms with Crippen molar-refractivity contribution >= 4 is 34.8 Å². The normalized spacial score (nSPS) is 17.6. The van der Waals surface area contributed by atoms with Gasteiger partial charge in [0.05, 0.1) is 10.7 Å². The van der Waals surface area contributed by atoms with E-state index in [1.54, 1.807) is 16.6 Å². The van der Waals surface area contributed by atoms with Crippen LogP contribution in [0, 0.1) is 13.8 Å². The summed E-state index contributed by atoms with van der Waals surface area (Å²) in [5.41, 5.74) is 3.16. The van der Waals surface area contributed by atoms with Crippen LogP contribution < -0.4 is 0 Å². The van der Waals surface area contributed by atoms with Crippen LogP contribution in [-0.4, -0.2) is 45.7 Å². The average molecular weight is 448 g/mol. The zero-order valence-electron chi connectivity index (χ0n) is 17.0. The molecular weight excluding hydrogens is 425 g/mol. The highest BCUT2D eigenvalue weighted by atomic mass is 35.5. The number of ether oxygens (including phenoxy) is 1. The summed E-state index contributed by atoms with van der Waals surface area (Å²) < 4.78 is 13.3. The zero-order valence-corrected chi connectivity index (χ0v) is 18.5. The minimum Gasteiger partial charge on any atom is -0.440 e. The number of fused-ring (bicyclic) bond motifs is 1. The van der Waals surface area contributed by atoms with Crippen molar-refractivity contribution in [1.82, 2.24) is 14.5 Å². The summed E-state index contributed by atoms with van der Waals surface area (Å²) in [5.74, 6) is 0.652. The highest BCUT2D eigenvalue weighted by molar-refractivity contribution is 6.36. The van der Waals surface area contributed by atoms with Gasteiger partial charge in [-0.1, -0.05) is 23.2 Å². The molecule has 1 saturated heterocycles. The summed E-state index contributed by atoms with van der Waals surface area (Å²) in [5, 5.41) is 5.73. The largest absolute Gasteiger partial charge is 0.440 e. The molecule has 1 saturated carbocycles. The number of nitrogens with zero attached hydrogens (tertiary/aromatic N) is 3. The fraction of sp³-hybridized carbons (Fsp3) is 0.455. The molecule has 0 N–H and O–H groups in total. The van der Waals surface area contributed by atoms with E-state index in [0.29, 0.717) is 52.0 Å². The van der Waals surface area contributed by atoms with Crippen LogP contribution in [-0.2, 0) is 4.74 Å². The Morgan fingerprint density at radius 3 is 2.50 bits per heavy atom. The quantitative estimate of drug-likeness (QED) is 0.544. The lowest BCUT2D eigenvalue weighted by molar-refractivity contribution is 0.0267. The van der Waals surface area contributed by atoms with E-state index >= 15 is 0 Å². The van der Waals surface area contributed by atoms with Crippen LogP contribution >= 0.6 is 23.2 Å². The van der Waals surface area contributed by atoms with Crippen LogP contribution in [0.5, 0.6) is 0 Å². The Bertz CT molecular complexity index is 1130. The standard InChI is InChI=1S/C22H23Cl2N3O3/c1-12-19(21(28)26(15-4-5-15)16-7-9-29-10-8-16)22-27(25-12)20(13(2)30-22)17-6-3-14(23)11-18(17)24/h3,6,11,15-16H,4-5,7-10H2,1-2H3. The van der Waals surface area contributed by atoms with E-state index in [1.807, 2.05) is 19.9 Å². The summed E-state index contributed by atoms with van der Waals surface area (Å²) in [7, 11) is 0. The number of halogens is 2. The topological polar surface area (TPSA) is 60.0 Å². The Hall–Kier alpha value is -2.02. The fourth-order valence-electron chi connectivity index (χ4n) is 4.40. The molecule has 30 heavy (non-hydrogen) atoms. The number of benzene rings is 1. The van der Waals surface area contributed by atoms with Gasteiger partial charge in [-0.3, -0.25) is 4.79 Å². The SMILES string of the molecule is Cc1nn2c(-c3ccc(Cl)cc3Cl)c(C)oc2c1C(=O)N(C1CCOCC1)C1CC1. The van der Waals surface area contributed by atoms with Crippen LogP contribution in [0.2, 0.25) is 10.0 Å². The number of hydrogen-bond donors (Lipinski definition) is 0. The Morgan fingerprint density at radius 2 is 1.83 bits per heavy atom. The van der Waals surface area contributed by atoms with Crippen LogP contribution in [0.15, 0.2) is 22.6 Å². The van der Waals surface area contributed by atoms with Crippen LogP contribution in [0.25, 0.3) is 17.0 Å². The molecule has 2 aromatic heterocycles. The maximum atomic E-state index is 13.7. The van der Waals surface area contributed by atoms with Crippen LogP contribution in [0.4, 0.5) is 0 Å². The molecule has 3 aromatic rings. The third kappa shape index (κ3) is 3.31. The van der Waals surface area contributed by atoms with Gasteiger partial charge in [-0.05, 0) is 57.7 Å². The molecule has 2 fully saturated rings. The molecule has 3 heterocycles. The molecule has 0 unspecified atom stereocenters. The number of aromatic nitrogens is 2. The maximum Gasteiger partial charge on any atom is 0.261 e. The number of hydrogen-bond acceptors (Lipinski definition) is 4. The van der Waals surface area contributed by atoms with Gasteiger partial charge >= 0.3 is 0 Å². The molecule has 1 aliphatic heterocycles. The van der Waals surface area contributed by atoms with Crippen molar-refractivity contribution in [3.8, 4) is 11.3 Å². The predicted octanol–water partition coefficient (Wildman–Crippen LogP) is 5.30. The first-order valence-electron chi connectivity index (χ1n) is 10.3. The molecule has 5 rings (SSSR count). The monoisotopic (exact) mass is 447 g/mol. The molecule has 0 bridgehead atoms. The molecule has 1 aliphatic carbocycles. The van der Waals surface area contributed by atoms with Crippen molar-refractivity contribution in [2.45, 2.75) is 51.6 Å². The Kier molecular flexibility index (Phi) is 5.04. The van der Waals surface area contributed by atoms with Gasteiger partial charge in [-0.15, -0.1) is 0 Å². The highest BCUT2D eigenvalue weighted by Crippen LogP contribution is 2.38. The molecule has 0 atom stereocenters. The minimum atomic E-state index is -0.000553. The Balaban J connectivity index is 1.60. The molecule has 1 aromatic carbocycles. The van der Waals surface area contributed by atoms with Gasteiger partial charge < -0.3 is 14.1 Å². The van der Waals surface area contributed by atoms with Gasteiger partial charge in [0.1, 0.15) is 17.0 Å². The molecular formula is C22H23Cl2N3O3. The predicted molar refractivity (Wildman–Crippen MR) is 115 cm³/mol. The number of aryl methyl sites for hydroxylation is 2. The Labute approximate surface area is 184 Å². The maximum absolute atomic E-state index is 13.7. The summed E-state index contributed by atoms with van der Waals surface area (Å²) in [6.45, 7) is 5.11. The third-order valence-corrected chi connectivity index (χ3v) is 6.52. The number of carbonyl (C=O) groups is 1. The molecule has 1 amide bonds. The van der Waals surface area contributed by atoms with Gasteiger partial charge in [0.25, 0.3) is 5.91 Å². The number of rotatable bonds is 4. The second-order valence-corrected chi connectivity index (χ2v) is 8.94. The van der Waals surface area contributed by atoms with Crippen LogP contribution in [0.3, 0.4) is 0 Å². The average Bonchev–Trinajstić information content (AvgIpc) is 3.42. The van der Waals surface area contributed by atoms with Gasteiger partial charge in [0.2, 0.25) is 5.71 Å². The molecule has 0 radical (unpaired) electrons. The second kappa shape index (κ2) is 7.59. The molecule has 2 aliphatic rings. The summed E-state index contributed by atoms with van der Waals surface area (Å²) >= 11 is 12.5. The fourth-order valence-corrected chi connectivity index (χ4v) is 4.90. The van der Waals surface area contributed by atoms with Gasteiger partial charge in [0.15, 0.2) is 0 Å². The first-order chi connectivity index (χ1) is 14.5. The Morgan fingerprint density at radius 1 is 1.13 bits per heavy atom. The lowest BCUT2D eigenvalue weighted by Gasteiger charge is -2.34. The van der Waals surface area contributed by atoms with E-state index in [4.69, 9.17) is 32.4 Å². The second-order valence-electron chi connectivity index (χ2n) is 8.10. The van der Waals surface area contributed by atoms with Gasteiger partial charge in [0, 0.05) is 35.9 Å². The van der Waals surface area contributed by atoms with E-state index in [0.717, 1.165) is 36.9 Å². The summed E-state index contributed by atoms with van der Waals surface area (Å²) in [4.78, 5) is 15.8. The summed E-state index contributed by atoms with van der Waals surface area (Å²) in [6.07, 6.45) is 3.84. The number of amides is 1. The van der Waals surface area contributed by atoms with E-state index in [9.17, 15) is 4.79 Å². The van der Waals surface area contributed by atoms with Crippen LogP contribution in [0.1, 0.15) is 47.5 Å². The lowest BCUT2D eigenvalue weighted by Crippen LogP contribution is -2.45. The van der Waals surface area contributed by atoms with Crippen molar-refractivity contribution in [1.29, 1.82) is 0 Å². The first kappa shape index (κ1) is 19.9. The van der Waals surface area contributed by atoms with Crippen molar-refractivity contribution < 1.29 is 13.9 Å². The van der Waals surface area contributed by atoms with Crippen molar-refractivity contribution in [3.63, 3.8) is 0 Å². The number of carbonyl (C=O) groups excluding carboxylic acids is 1. The smallest absolute Gasteiger partial charge is 0.261 e. The van der Waals surface area contributed by atoms with E-state index in [-0.39, 0.29) is 11.9 Å². The van der Waals surface area contributed by atoms with Crippen molar-refractivity contribution in [2.24, 2.45) is 0 Å². The van der Waals surface area contributed by atoms with Gasteiger partial charge in [-0.25, -0.2) is 0 Å². The lowest BCUT2D eigenvalue weighted by atomic mass is 10.1. The molecule has 158 valence electrons. The zero-order chi connectivity index (χ0) is 21.0. The molecule has 0 spiro atoms. The molecule has 6 nitrogen and oxygen atoms in total. The number of oxazole rings is 1. The first-order valence-corrected chi connectivity index (χ1v) is 11.1. The highest BCUT2D eigenvalue weighted by Gasteiger charge is 2.40. The minimum absolute atomic E-state index is 0.000553. The van der Waals surface area contributed by atoms with Gasteiger partial charge in [-0.2, -0.15) is 9.61 Å².